The molecular weight excluding hydrogens is 282 g/mol. The number of aromatic nitrogens is 2. The zero-order chi connectivity index (χ0) is 15.6. The number of para-hydroxylation sites is 1. The summed E-state index contributed by atoms with van der Waals surface area (Å²) in [5.74, 6) is 3.27. The van der Waals surface area contributed by atoms with Crippen molar-refractivity contribution in [3.05, 3.63) is 65.6 Å². The van der Waals surface area contributed by atoms with Crippen LogP contribution in [0.15, 0.2) is 48.8 Å². The van der Waals surface area contributed by atoms with Gasteiger partial charge >= 0.3 is 0 Å². The largest absolute Gasteiger partial charge is 0.309 e. The fourth-order valence-electron chi connectivity index (χ4n) is 3.45. The van der Waals surface area contributed by atoms with Crippen LogP contribution in [0.4, 0.5) is 0 Å². The molecule has 0 spiro atoms. The SMILES string of the molecule is CCC1NCCc2c1c1ccccc1n2C#Cc1ccncc1. The fourth-order valence-corrected chi connectivity index (χ4v) is 3.45. The number of nitrogens with zero attached hydrogens (tertiary/aromatic N) is 2. The lowest BCUT2D eigenvalue weighted by molar-refractivity contribution is 0.490. The molecule has 1 atom stereocenters. The third-order valence-electron chi connectivity index (χ3n) is 4.52. The van der Waals surface area contributed by atoms with Gasteiger partial charge in [0.25, 0.3) is 0 Å². The lowest BCUT2D eigenvalue weighted by Crippen LogP contribution is -2.29. The molecule has 2 aromatic heterocycles. The highest BCUT2D eigenvalue weighted by Gasteiger charge is 2.25. The molecule has 0 saturated carbocycles. The second kappa shape index (κ2) is 5.91. The first-order valence-electron chi connectivity index (χ1n) is 8.16. The molecule has 3 aromatic rings. The summed E-state index contributed by atoms with van der Waals surface area (Å²) >= 11 is 0. The Labute approximate surface area is 136 Å². The minimum Gasteiger partial charge on any atom is -0.309 e. The predicted molar refractivity (Wildman–Crippen MR) is 93.2 cm³/mol. The van der Waals surface area contributed by atoms with Crippen molar-refractivity contribution in [1.82, 2.24) is 14.9 Å². The van der Waals surface area contributed by atoms with Crippen molar-refractivity contribution in [3.8, 4) is 12.0 Å². The molecule has 1 aliphatic rings. The molecule has 0 fully saturated rings. The minimum absolute atomic E-state index is 0.424. The zero-order valence-corrected chi connectivity index (χ0v) is 13.2. The van der Waals surface area contributed by atoms with E-state index in [2.05, 4.69) is 58.0 Å². The van der Waals surface area contributed by atoms with Crippen molar-refractivity contribution in [1.29, 1.82) is 0 Å². The van der Waals surface area contributed by atoms with E-state index in [-0.39, 0.29) is 0 Å². The Morgan fingerprint density at radius 1 is 1.22 bits per heavy atom. The maximum atomic E-state index is 4.05. The summed E-state index contributed by atoms with van der Waals surface area (Å²) in [6, 6.07) is 16.3. The normalized spacial score (nSPS) is 16.7. The molecule has 23 heavy (non-hydrogen) atoms. The van der Waals surface area contributed by atoms with Crippen LogP contribution in [-0.4, -0.2) is 16.1 Å². The predicted octanol–water partition coefficient (Wildman–Crippen LogP) is 3.49. The number of benzene rings is 1. The molecule has 1 unspecified atom stereocenters. The average molecular weight is 301 g/mol. The van der Waals surface area contributed by atoms with Gasteiger partial charge in [0.1, 0.15) is 0 Å². The zero-order valence-electron chi connectivity index (χ0n) is 13.2. The first-order valence-corrected chi connectivity index (χ1v) is 8.16. The van der Waals surface area contributed by atoms with Gasteiger partial charge in [-0.2, -0.15) is 0 Å². The number of nitrogens with one attached hydrogen (secondary N) is 1. The van der Waals surface area contributed by atoms with Gasteiger partial charge in [-0.3, -0.25) is 9.55 Å². The summed E-state index contributed by atoms with van der Waals surface area (Å²) in [6.45, 7) is 3.25. The molecule has 0 amide bonds. The highest BCUT2D eigenvalue weighted by Crippen LogP contribution is 2.34. The van der Waals surface area contributed by atoms with Crippen LogP contribution in [0, 0.1) is 12.0 Å². The number of hydrogen-bond acceptors (Lipinski definition) is 2. The molecule has 0 bridgehead atoms. The molecule has 3 heteroatoms. The molecule has 1 aromatic carbocycles. The number of rotatable bonds is 1. The van der Waals surface area contributed by atoms with Gasteiger partial charge in [0.2, 0.25) is 0 Å². The monoisotopic (exact) mass is 301 g/mol. The molecule has 1 N–H and O–H groups in total. The number of pyridine rings is 1. The highest BCUT2D eigenvalue weighted by atomic mass is 15.0. The second-order valence-electron chi connectivity index (χ2n) is 5.85. The van der Waals surface area contributed by atoms with Gasteiger partial charge in [-0.25, -0.2) is 0 Å². The maximum Gasteiger partial charge on any atom is 0.0618 e. The van der Waals surface area contributed by atoms with E-state index < -0.39 is 0 Å². The van der Waals surface area contributed by atoms with Crippen LogP contribution in [0.1, 0.15) is 36.2 Å². The van der Waals surface area contributed by atoms with Crippen LogP contribution in [0.5, 0.6) is 0 Å². The molecule has 1 aliphatic heterocycles. The summed E-state index contributed by atoms with van der Waals surface area (Å²) in [6.07, 6.45) is 5.68. The Kier molecular flexibility index (Phi) is 3.61. The molecule has 114 valence electrons. The van der Waals surface area contributed by atoms with E-state index in [4.69, 9.17) is 0 Å². The Hall–Kier alpha value is -2.57. The van der Waals surface area contributed by atoms with Crippen molar-refractivity contribution in [3.63, 3.8) is 0 Å². The number of fused-ring (bicyclic) bond motifs is 3. The summed E-state index contributed by atoms with van der Waals surface area (Å²) in [5.41, 5.74) is 4.99. The molecule has 0 saturated heterocycles. The van der Waals surface area contributed by atoms with Gasteiger partial charge in [-0.15, -0.1) is 0 Å². The maximum absolute atomic E-state index is 4.05. The lowest BCUT2D eigenvalue weighted by Gasteiger charge is -2.24. The van der Waals surface area contributed by atoms with Crippen molar-refractivity contribution >= 4 is 10.9 Å². The second-order valence-corrected chi connectivity index (χ2v) is 5.85. The molecule has 0 radical (unpaired) electrons. The Balaban J connectivity index is 1.92. The molecule has 0 aliphatic carbocycles. The summed E-state index contributed by atoms with van der Waals surface area (Å²) < 4.78 is 2.19. The van der Waals surface area contributed by atoms with E-state index >= 15 is 0 Å². The smallest absolute Gasteiger partial charge is 0.0618 e. The standard InChI is InChI=1S/C20H19N3/c1-2-17-20-16-5-3-4-6-18(16)23(19(20)9-13-22-17)14-10-15-7-11-21-12-8-15/h3-8,11-12,17,22H,2,9,13H2,1H3. The fraction of sp³-hybridized carbons (Fsp3) is 0.250. The lowest BCUT2D eigenvalue weighted by atomic mass is 9.96. The van der Waals surface area contributed by atoms with E-state index in [0.717, 1.165) is 24.9 Å². The van der Waals surface area contributed by atoms with Crippen LogP contribution in [-0.2, 0) is 6.42 Å². The van der Waals surface area contributed by atoms with Crippen molar-refractivity contribution in [2.24, 2.45) is 0 Å². The Morgan fingerprint density at radius 2 is 2.04 bits per heavy atom. The van der Waals surface area contributed by atoms with Crippen molar-refractivity contribution in [2.45, 2.75) is 25.8 Å². The third-order valence-corrected chi connectivity index (χ3v) is 4.52. The Morgan fingerprint density at radius 3 is 2.87 bits per heavy atom. The van der Waals surface area contributed by atoms with Gasteiger partial charge < -0.3 is 5.32 Å². The number of hydrogen-bond donors (Lipinski definition) is 1. The third kappa shape index (κ3) is 2.42. The Bertz CT molecular complexity index is 897. The first kappa shape index (κ1) is 14.0. The van der Waals surface area contributed by atoms with E-state index in [1.165, 1.54) is 22.2 Å². The van der Waals surface area contributed by atoms with Crippen LogP contribution in [0.2, 0.25) is 0 Å². The van der Waals surface area contributed by atoms with E-state index in [1.54, 1.807) is 12.4 Å². The van der Waals surface area contributed by atoms with E-state index in [9.17, 15) is 0 Å². The first-order chi connectivity index (χ1) is 11.4. The van der Waals surface area contributed by atoms with Crippen molar-refractivity contribution in [2.75, 3.05) is 6.54 Å². The highest BCUT2D eigenvalue weighted by molar-refractivity contribution is 5.87. The molecule has 3 heterocycles. The summed E-state index contributed by atoms with van der Waals surface area (Å²) in [4.78, 5) is 4.05. The quantitative estimate of drug-likeness (QED) is 0.697. The van der Waals surface area contributed by atoms with Crippen molar-refractivity contribution < 1.29 is 0 Å². The average Bonchev–Trinajstić information content (AvgIpc) is 2.95. The van der Waals surface area contributed by atoms with E-state index in [1.807, 2.05) is 12.1 Å². The van der Waals surface area contributed by atoms with Crippen LogP contribution in [0.25, 0.3) is 10.9 Å². The minimum atomic E-state index is 0.424. The molecule has 4 rings (SSSR count). The van der Waals surface area contributed by atoms with Crippen LogP contribution < -0.4 is 5.32 Å². The molecule has 3 nitrogen and oxygen atoms in total. The summed E-state index contributed by atoms with van der Waals surface area (Å²) in [5, 5.41) is 4.96. The van der Waals surface area contributed by atoms with Gasteiger partial charge in [-0.1, -0.05) is 25.1 Å². The van der Waals surface area contributed by atoms with Gasteiger partial charge in [-0.05, 0) is 36.1 Å². The topological polar surface area (TPSA) is 29.9 Å². The van der Waals surface area contributed by atoms with Gasteiger partial charge in [0.15, 0.2) is 0 Å². The van der Waals surface area contributed by atoms with Crippen LogP contribution >= 0.6 is 0 Å². The van der Waals surface area contributed by atoms with Crippen LogP contribution in [0.3, 0.4) is 0 Å². The van der Waals surface area contributed by atoms with E-state index in [0.29, 0.717) is 6.04 Å². The summed E-state index contributed by atoms with van der Waals surface area (Å²) in [7, 11) is 0. The van der Waals surface area contributed by atoms with Gasteiger partial charge in [0.05, 0.1) is 5.52 Å². The van der Waals surface area contributed by atoms with Gasteiger partial charge in [0, 0.05) is 54.1 Å². The molecular formula is C20H19N3.